The minimum Gasteiger partial charge on any atom is -0.351 e. The minimum absolute atomic E-state index is 0. The summed E-state index contributed by atoms with van der Waals surface area (Å²) in [4.78, 5) is 12.3. The highest BCUT2D eigenvalue weighted by Crippen LogP contribution is 2.25. The summed E-state index contributed by atoms with van der Waals surface area (Å²) in [7, 11) is 0. The van der Waals surface area contributed by atoms with E-state index >= 15 is 0 Å². The normalized spacial score (nSPS) is 16.4. The van der Waals surface area contributed by atoms with E-state index in [1.54, 1.807) is 6.07 Å². The van der Waals surface area contributed by atoms with Gasteiger partial charge < -0.3 is 10.6 Å². The summed E-state index contributed by atoms with van der Waals surface area (Å²) < 4.78 is 0. The van der Waals surface area contributed by atoms with Crippen LogP contribution in [0.4, 0.5) is 0 Å². The standard InChI is InChI=1S/C16H22Cl2N2O.ClH/c1-10(12-8-19-9-12)15(21)20-16(2,3)7-11-4-5-13(17)6-14(11)18;/h4-6,10,12,19H,7-9H2,1-3H3,(H,20,21);1H. The Morgan fingerprint density at radius 3 is 2.55 bits per heavy atom. The van der Waals surface area contributed by atoms with E-state index in [1.165, 1.54) is 0 Å². The molecule has 2 rings (SSSR count). The van der Waals surface area contributed by atoms with Gasteiger partial charge in [-0.15, -0.1) is 12.4 Å². The van der Waals surface area contributed by atoms with Crippen LogP contribution in [-0.4, -0.2) is 24.5 Å². The maximum absolute atomic E-state index is 12.3. The highest BCUT2D eigenvalue weighted by Gasteiger charge is 2.31. The van der Waals surface area contributed by atoms with E-state index in [0.717, 1.165) is 18.7 Å². The molecule has 2 N–H and O–H groups in total. The van der Waals surface area contributed by atoms with Crippen LogP contribution in [-0.2, 0) is 11.2 Å². The Labute approximate surface area is 148 Å². The van der Waals surface area contributed by atoms with Crippen molar-refractivity contribution in [2.24, 2.45) is 11.8 Å². The van der Waals surface area contributed by atoms with Gasteiger partial charge in [0, 0.05) is 21.5 Å². The number of nitrogens with one attached hydrogen (secondary N) is 2. The van der Waals surface area contributed by atoms with E-state index in [4.69, 9.17) is 23.2 Å². The number of amides is 1. The Kier molecular flexibility index (Phi) is 7.00. The maximum Gasteiger partial charge on any atom is 0.223 e. The summed E-state index contributed by atoms with van der Waals surface area (Å²) in [6.07, 6.45) is 0.671. The largest absolute Gasteiger partial charge is 0.351 e. The first kappa shape index (κ1) is 19.6. The summed E-state index contributed by atoms with van der Waals surface area (Å²) in [5.74, 6) is 0.586. The van der Waals surface area contributed by atoms with Crippen LogP contribution in [0.2, 0.25) is 10.0 Å². The number of rotatable bonds is 5. The van der Waals surface area contributed by atoms with Gasteiger partial charge in [-0.25, -0.2) is 0 Å². The number of carbonyl (C=O) groups is 1. The van der Waals surface area contributed by atoms with Crippen molar-refractivity contribution in [1.29, 1.82) is 0 Å². The Hall–Kier alpha value is -0.480. The molecule has 1 aromatic carbocycles. The second-order valence-electron chi connectivity index (χ2n) is 6.49. The summed E-state index contributed by atoms with van der Waals surface area (Å²) in [6.45, 7) is 7.88. The van der Waals surface area contributed by atoms with Crippen LogP contribution in [0.5, 0.6) is 0 Å². The van der Waals surface area contributed by atoms with E-state index in [9.17, 15) is 4.79 Å². The van der Waals surface area contributed by atoms with Crippen molar-refractivity contribution in [1.82, 2.24) is 10.6 Å². The van der Waals surface area contributed by atoms with Gasteiger partial charge in [0.25, 0.3) is 0 Å². The summed E-state index contributed by atoms with van der Waals surface area (Å²) >= 11 is 12.1. The van der Waals surface area contributed by atoms with Crippen molar-refractivity contribution < 1.29 is 4.79 Å². The average molecular weight is 366 g/mol. The Morgan fingerprint density at radius 2 is 2.05 bits per heavy atom. The lowest BCUT2D eigenvalue weighted by atomic mass is 9.87. The third-order valence-corrected chi connectivity index (χ3v) is 4.63. The molecule has 0 spiro atoms. The molecule has 0 saturated carbocycles. The van der Waals surface area contributed by atoms with Crippen LogP contribution >= 0.6 is 35.6 Å². The molecule has 1 amide bonds. The van der Waals surface area contributed by atoms with Crippen LogP contribution < -0.4 is 10.6 Å². The molecule has 1 heterocycles. The molecule has 124 valence electrons. The van der Waals surface area contributed by atoms with Gasteiger partial charge in [-0.1, -0.05) is 36.2 Å². The zero-order valence-electron chi connectivity index (χ0n) is 13.1. The van der Waals surface area contributed by atoms with Crippen LogP contribution in [0.1, 0.15) is 26.3 Å². The molecule has 1 aliphatic rings. The highest BCUT2D eigenvalue weighted by atomic mass is 35.5. The van der Waals surface area contributed by atoms with Crippen molar-refractivity contribution in [3.63, 3.8) is 0 Å². The Bertz CT molecular complexity index is 530. The average Bonchev–Trinajstić information content (AvgIpc) is 2.30. The van der Waals surface area contributed by atoms with Crippen molar-refractivity contribution in [2.75, 3.05) is 13.1 Å². The lowest BCUT2D eigenvalue weighted by molar-refractivity contribution is -0.128. The predicted octanol–water partition coefficient (Wildman–Crippen LogP) is 3.71. The fraction of sp³-hybridized carbons (Fsp3) is 0.562. The third kappa shape index (κ3) is 5.02. The van der Waals surface area contributed by atoms with Crippen LogP contribution in [0.3, 0.4) is 0 Å². The third-order valence-electron chi connectivity index (χ3n) is 4.04. The van der Waals surface area contributed by atoms with E-state index in [-0.39, 0.29) is 29.8 Å². The molecule has 22 heavy (non-hydrogen) atoms. The van der Waals surface area contributed by atoms with Crippen LogP contribution in [0.25, 0.3) is 0 Å². The monoisotopic (exact) mass is 364 g/mol. The Morgan fingerprint density at radius 1 is 1.41 bits per heavy atom. The first-order chi connectivity index (χ1) is 9.78. The number of halogens is 3. The van der Waals surface area contributed by atoms with E-state index in [2.05, 4.69) is 10.6 Å². The lowest BCUT2D eigenvalue weighted by Crippen LogP contribution is -2.53. The molecule has 1 atom stereocenters. The quantitative estimate of drug-likeness (QED) is 0.835. The molecule has 1 fully saturated rings. The topological polar surface area (TPSA) is 41.1 Å². The first-order valence-electron chi connectivity index (χ1n) is 7.25. The molecular weight excluding hydrogens is 343 g/mol. The number of hydrogen-bond donors (Lipinski definition) is 2. The number of benzene rings is 1. The van der Waals surface area contributed by atoms with E-state index in [0.29, 0.717) is 22.4 Å². The van der Waals surface area contributed by atoms with Gasteiger partial charge in [0.15, 0.2) is 0 Å². The summed E-state index contributed by atoms with van der Waals surface area (Å²) in [6, 6.07) is 5.47. The molecule has 1 saturated heterocycles. The van der Waals surface area contributed by atoms with Crippen LogP contribution in [0, 0.1) is 11.8 Å². The Balaban J connectivity index is 0.00000242. The maximum atomic E-state index is 12.3. The van der Waals surface area contributed by atoms with Crippen molar-refractivity contribution >= 4 is 41.5 Å². The van der Waals surface area contributed by atoms with Crippen molar-refractivity contribution in [2.45, 2.75) is 32.7 Å². The fourth-order valence-electron chi connectivity index (χ4n) is 2.51. The fourth-order valence-corrected chi connectivity index (χ4v) is 2.99. The minimum atomic E-state index is -0.347. The molecule has 0 aliphatic carbocycles. The van der Waals surface area contributed by atoms with Gasteiger partial charge in [-0.2, -0.15) is 0 Å². The molecule has 0 radical (unpaired) electrons. The second kappa shape index (κ2) is 7.87. The summed E-state index contributed by atoms with van der Waals surface area (Å²) in [5.41, 5.74) is 0.643. The van der Waals surface area contributed by atoms with Gasteiger partial charge in [-0.3, -0.25) is 4.79 Å². The van der Waals surface area contributed by atoms with Crippen LogP contribution in [0.15, 0.2) is 18.2 Å². The molecule has 6 heteroatoms. The zero-order chi connectivity index (χ0) is 15.6. The number of hydrogen-bond acceptors (Lipinski definition) is 2. The highest BCUT2D eigenvalue weighted by molar-refractivity contribution is 6.35. The van der Waals surface area contributed by atoms with E-state index < -0.39 is 0 Å². The van der Waals surface area contributed by atoms with Gasteiger partial charge in [0.2, 0.25) is 5.91 Å². The lowest BCUT2D eigenvalue weighted by Gasteiger charge is -2.35. The molecule has 0 bridgehead atoms. The predicted molar refractivity (Wildman–Crippen MR) is 95.2 cm³/mol. The van der Waals surface area contributed by atoms with Gasteiger partial charge in [0.05, 0.1) is 0 Å². The number of carbonyl (C=O) groups excluding carboxylic acids is 1. The molecular formula is C16H23Cl3N2O. The SMILES string of the molecule is CC(C(=O)NC(C)(C)Cc1ccc(Cl)cc1Cl)C1CNC1.Cl. The molecule has 1 aliphatic heterocycles. The second-order valence-corrected chi connectivity index (χ2v) is 7.34. The van der Waals surface area contributed by atoms with Crippen molar-refractivity contribution in [3.05, 3.63) is 33.8 Å². The smallest absolute Gasteiger partial charge is 0.223 e. The zero-order valence-corrected chi connectivity index (χ0v) is 15.4. The molecule has 1 unspecified atom stereocenters. The van der Waals surface area contributed by atoms with Crippen molar-refractivity contribution in [3.8, 4) is 0 Å². The molecule has 0 aromatic heterocycles. The summed E-state index contributed by atoms with van der Waals surface area (Å²) in [5, 5.41) is 7.60. The van der Waals surface area contributed by atoms with E-state index in [1.807, 2.05) is 32.9 Å². The molecule has 3 nitrogen and oxygen atoms in total. The van der Waals surface area contributed by atoms with Gasteiger partial charge in [0.1, 0.15) is 0 Å². The van der Waals surface area contributed by atoms with Gasteiger partial charge in [-0.05, 0) is 57.0 Å². The van der Waals surface area contributed by atoms with Gasteiger partial charge >= 0.3 is 0 Å². The molecule has 1 aromatic rings. The first-order valence-corrected chi connectivity index (χ1v) is 8.01.